The number of nitrogens with zero attached hydrogens (tertiary/aromatic N) is 2. The van der Waals surface area contributed by atoms with E-state index in [0.717, 1.165) is 0 Å². The average molecular weight is 259 g/mol. The van der Waals surface area contributed by atoms with Crippen LogP contribution in [0, 0.1) is 0 Å². The zero-order valence-corrected chi connectivity index (χ0v) is 9.90. The number of rotatable bonds is 4. The van der Waals surface area contributed by atoms with Gasteiger partial charge in [0.2, 0.25) is 0 Å². The molecule has 0 aliphatic carbocycles. The van der Waals surface area contributed by atoms with Gasteiger partial charge >= 0.3 is 5.97 Å². The summed E-state index contributed by atoms with van der Waals surface area (Å²) >= 11 is 0. The van der Waals surface area contributed by atoms with Crippen LogP contribution in [0.2, 0.25) is 0 Å². The van der Waals surface area contributed by atoms with E-state index in [1.54, 1.807) is 0 Å². The molecule has 1 saturated heterocycles. The van der Waals surface area contributed by atoms with Gasteiger partial charge in [0, 0.05) is 12.3 Å². The summed E-state index contributed by atoms with van der Waals surface area (Å²) < 4.78 is 22.6. The van der Waals surface area contributed by atoms with Gasteiger partial charge in [-0.05, 0) is 6.42 Å². The normalized spacial score (nSPS) is 22.7. The van der Waals surface area contributed by atoms with Crippen LogP contribution < -0.4 is 0 Å². The molecule has 1 atom stereocenters. The fourth-order valence-electron chi connectivity index (χ4n) is 1.83. The SMILES string of the molecule is O=C(O)CCc1nc(C2CCS(=O)(=O)C2)n[nH]1. The van der Waals surface area contributed by atoms with Gasteiger partial charge in [0.05, 0.1) is 17.9 Å². The number of aliphatic carboxylic acids is 1. The molecule has 1 aliphatic rings. The van der Waals surface area contributed by atoms with Crippen molar-refractivity contribution in [3.63, 3.8) is 0 Å². The number of hydrogen-bond donors (Lipinski definition) is 2. The lowest BCUT2D eigenvalue weighted by molar-refractivity contribution is -0.137. The zero-order chi connectivity index (χ0) is 12.5. The highest BCUT2D eigenvalue weighted by Crippen LogP contribution is 2.26. The fourth-order valence-corrected chi connectivity index (χ4v) is 3.57. The van der Waals surface area contributed by atoms with E-state index in [1.165, 1.54) is 0 Å². The molecule has 2 N–H and O–H groups in total. The molecule has 0 bridgehead atoms. The summed E-state index contributed by atoms with van der Waals surface area (Å²) in [5.74, 6) is 0.180. The Labute approximate surface area is 98.2 Å². The van der Waals surface area contributed by atoms with E-state index in [0.29, 0.717) is 18.1 Å². The minimum absolute atomic E-state index is 0.0163. The molecule has 7 nitrogen and oxygen atoms in total. The molecule has 1 aliphatic heterocycles. The van der Waals surface area contributed by atoms with E-state index in [9.17, 15) is 13.2 Å². The average Bonchev–Trinajstić information content (AvgIpc) is 2.81. The van der Waals surface area contributed by atoms with Crippen LogP contribution in [0.3, 0.4) is 0 Å². The van der Waals surface area contributed by atoms with Gasteiger partial charge in [-0.15, -0.1) is 0 Å². The molecule has 1 unspecified atom stereocenters. The summed E-state index contributed by atoms with van der Waals surface area (Å²) in [7, 11) is -2.95. The number of aryl methyl sites for hydroxylation is 1. The van der Waals surface area contributed by atoms with Crippen molar-refractivity contribution in [3.05, 3.63) is 11.6 Å². The number of carbonyl (C=O) groups is 1. The van der Waals surface area contributed by atoms with E-state index in [1.807, 2.05) is 0 Å². The molecule has 2 rings (SSSR count). The largest absolute Gasteiger partial charge is 0.481 e. The molecule has 2 heterocycles. The van der Waals surface area contributed by atoms with Crippen LogP contribution in [0.5, 0.6) is 0 Å². The second-order valence-corrected chi connectivity index (χ2v) is 6.36. The van der Waals surface area contributed by atoms with Gasteiger partial charge in [0.25, 0.3) is 0 Å². The van der Waals surface area contributed by atoms with E-state index in [4.69, 9.17) is 5.11 Å². The van der Waals surface area contributed by atoms with Gasteiger partial charge in [-0.25, -0.2) is 13.4 Å². The summed E-state index contributed by atoms with van der Waals surface area (Å²) in [6.07, 6.45) is 0.804. The van der Waals surface area contributed by atoms with Crippen LogP contribution in [0.4, 0.5) is 0 Å². The van der Waals surface area contributed by atoms with Crippen LogP contribution in [0.25, 0.3) is 0 Å². The van der Waals surface area contributed by atoms with Crippen LogP contribution in [-0.4, -0.2) is 46.2 Å². The smallest absolute Gasteiger partial charge is 0.303 e. The molecule has 0 saturated carbocycles. The van der Waals surface area contributed by atoms with Crippen molar-refractivity contribution in [2.45, 2.75) is 25.2 Å². The molecule has 17 heavy (non-hydrogen) atoms. The van der Waals surface area contributed by atoms with Crippen LogP contribution in [0.15, 0.2) is 0 Å². The van der Waals surface area contributed by atoms with Gasteiger partial charge in [0.1, 0.15) is 5.82 Å². The Morgan fingerprint density at radius 2 is 2.29 bits per heavy atom. The van der Waals surface area contributed by atoms with Crippen LogP contribution in [0.1, 0.15) is 30.4 Å². The van der Waals surface area contributed by atoms with Crippen molar-refractivity contribution < 1.29 is 18.3 Å². The van der Waals surface area contributed by atoms with E-state index < -0.39 is 15.8 Å². The number of carboxylic acid groups (broad SMARTS) is 1. The number of carboxylic acids is 1. The lowest BCUT2D eigenvalue weighted by Gasteiger charge is -1.99. The Morgan fingerprint density at radius 3 is 2.88 bits per heavy atom. The highest BCUT2D eigenvalue weighted by molar-refractivity contribution is 7.91. The van der Waals surface area contributed by atoms with Crippen molar-refractivity contribution in [3.8, 4) is 0 Å². The van der Waals surface area contributed by atoms with Crippen LogP contribution in [-0.2, 0) is 21.1 Å². The van der Waals surface area contributed by atoms with Crippen molar-refractivity contribution in [2.24, 2.45) is 0 Å². The van der Waals surface area contributed by atoms with Crippen molar-refractivity contribution in [2.75, 3.05) is 11.5 Å². The van der Waals surface area contributed by atoms with Gasteiger partial charge in [-0.3, -0.25) is 9.89 Å². The van der Waals surface area contributed by atoms with Crippen molar-refractivity contribution >= 4 is 15.8 Å². The number of nitrogens with one attached hydrogen (secondary N) is 1. The Morgan fingerprint density at radius 1 is 1.53 bits per heavy atom. The quantitative estimate of drug-likeness (QED) is 0.769. The standard InChI is InChI=1S/C9H13N3O4S/c13-8(14)2-1-7-10-9(12-11-7)6-3-4-17(15,16)5-6/h6H,1-5H2,(H,13,14)(H,10,11,12). The molecule has 1 aromatic heterocycles. The maximum Gasteiger partial charge on any atom is 0.303 e. The predicted molar refractivity (Wildman–Crippen MR) is 58.4 cm³/mol. The van der Waals surface area contributed by atoms with E-state index in [-0.39, 0.29) is 30.3 Å². The van der Waals surface area contributed by atoms with E-state index in [2.05, 4.69) is 15.2 Å². The second-order valence-electron chi connectivity index (χ2n) is 4.13. The van der Waals surface area contributed by atoms with Gasteiger partial charge < -0.3 is 5.11 Å². The number of sulfone groups is 1. The summed E-state index contributed by atoms with van der Waals surface area (Å²) in [6.45, 7) is 0. The number of hydrogen-bond acceptors (Lipinski definition) is 5. The molecule has 0 radical (unpaired) electrons. The first-order chi connectivity index (χ1) is 7.96. The fraction of sp³-hybridized carbons (Fsp3) is 0.667. The minimum Gasteiger partial charge on any atom is -0.481 e. The Balaban J connectivity index is 2.01. The lowest BCUT2D eigenvalue weighted by atomic mass is 10.1. The first-order valence-corrected chi connectivity index (χ1v) is 7.12. The highest BCUT2D eigenvalue weighted by atomic mass is 32.2. The zero-order valence-electron chi connectivity index (χ0n) is 9.09. The third-order valence-corrected chi connectivity index (χ3v) is 4.49. The van der Waals surface area contributed by atoms with Crippen molar-refractivity contribution in [1.29, 1.82) is 0 Å². The van der Waals surface area contributed by atoms with Crippen LogP contribution >= 0.6 is 0 Å². The molecular formula is C9H13N3O4S. The summed E-state index contributed by atoms with van der Waals surface area (Å²) in [4.78, 5) is 14.5. The van der Waals surface area contributed by atoms with Gasteiger partial charge in [0.15, 0.2) is 15.7 Å². The maximum atomic E-state index is 11.3. The molecule has 8 heteroatoms. The monoisotopic (exact) mass is 259 g/mol. The third kappa shape index (κ3) is 3.02. The third-order valence-electron chi connectivity index (χ3n) is 2.72. The summed E-state index contributed by atoms with van der Waals surface area (Å²) in [6, 6.07) is 0. The number of aromatic amines is 1. The first kappa shape index (κ1) is 12.0. The maximum absolute atomic E-state index is 11.3. The predicted octanol–water partition coefficient (Wildman–Crippen LogP) is -0.276. The molecule has 94 valence electrons. The highest BCUT2D eigenvalue weighted by Gasteiger charge is 2.31. The van der Waals surface area contributed by atoms with Crippen molar-refractivity contribution in [1.82, 2.24) is 15.2 Å². The Bertz CT molecular complexity index is 522. The lowest BCUT2D eigenvalue weighted by Crippen LogP contribution is -2.05. The molecular weight excluding hydrogens is 246 g/mol. The molecule has 1 aromatic rings. The Hall–Kier alpha value is -1.44. The Kier molecular flexibility index (Phi) is 3.14. The number of aromatic nitrogens is 3. The molecule has 1 fully saturated rings. The van der Waals surface area contributed by atoms with Gasteiger partial charge in [-0.2, -0.15) is 5.10 Å². The molecule has 0 amide bonds. The van der Waals surface area contributed by atoms with E-state index >= 15 is 0 Å². The molecule has 0 aromatic carbocycles. The topological polar surface area (TPSA) is 113 Å². The van der Waals surface area contributed by atoms with Gasteiger partial charge in [-0.1, -0.05) is 0 Å². The minimum atomic E-state index is -2.95. The first-order valence-electron chi connectivity index (χ1n) is 5.30. The number of H-pyrrole nitrogens is 1. The second kappa shape index (κ2) is 4.44. The summed E-state index contributed by atoms with van der Waals surface area (Å²) in [5.41, 5.74) is 0. The summed E-state index contributed by atoms with van der Waals surface area (Å²) in [5, 5.41) is 15.1. The molecule has 0 spiro atoms.